The number of carboxylic acids is 1. The number of nitrogens with one attached hydrogen (secondary N) is 1. The van der Waals surface area contributed by atoms with E-state index in [0.29, 0.717) is 31.8 Å². The van der Waals surface area contributed by atoms with E-state index in [4.69, 9.17) is 5.73 Å². The number of likely N-dealkylation sites (tertiary alicyclic amines) is 1. The van der Waals surface area contributed by atoms with Crippen LogP contribution in [0.25, 0.3) is 0 Å². The molecule has 0 aromatic heterocycles. The molecule has 1 aromatic rings. The summed E-state index contributed by atoms with van der Waals surface area (Å²) in [7, 11) is 0. The summed E-state index contributed by atoms with van der Waals surface area (Å²) in [6.45, 7) is 5.46. The fourth-order valence-electron chi connectivity index (χ4n) is 4.09. The van der Waals surface area contributed by atoms with E-state index in [1.54, 1.807) is 4.90 Å². The number of carboxylic acid groups (broad SMARTS) is 1. The van der Waals surface area contributed by atoms with Crippen molar-refractivity contribution in [1.82, 2.24) is 10.2 Å². The van der Waals surface area contributed by atoms with Crippen LogP contribution >= 0.6 is 0 Å². The average Bonchev–Trinajstić information content (AvgIpc) is 3.20. The van der Waals surface area contributed by atoms with Gasteiger partial charge in [0, 0.05) is 12.6 Å². The van der Waals surface area contributed by atoms with Gasteiger partial charge in [0.05, 0.1) is 6.04 Å². The van der Waals surface area contributed by atoms with Gasteiger partial charge in [0.15, 0.2) is 0 Å². The van der Waals surface area contributed by atoms with Crippen LogP contribution in [-0.4, -0.2) is 53.1 Å². The van der Waals surface area contributed by atoms with Crippen LogP contribution in [0.15, 0.2) is 30.3 Å². The van der Waals surface area contributed by atoms with Crippen molar-refractivity contribution in [2.75, 3.05) is 13.1 Å². The van der Waals surface area contributed by atoms with Gasteiger partial charge < -0.3 is 21.1 Å². The fraction of sp³-hybridized carbons (Fsp3) is 0.652. The molecule has 1 aliphatic rings. The fourth-order valence-corrected chi connectivity index (χ4v) is 4.09. The molecule has 1 saturated heterocycles. The lowest BCUT2D eigenvalue weighted by Gasteiger charge is -2.32. The van der Waals surface area contributed by atoms with E-state index in [2.05, 4.69) is 31.3 Å². The van der Waals surface area contributed by atoms with E-state index in [1.165, 1.54) is 5.56 Å². The molecular weight excluding hydrogens is 366 g/mol. The second-order valence-corrected chi connectivity index (χ2v) is 8.41. The van der Waals surface area contributed by atoms with Crippen LogP contribution in [-0.2, 0) is 16.0 Å². The largest absolute Gasteiger partial charge is 0.480 e. The minimum atomic E-state index is -0.902. The summed E-state index contributed by atoms with van der Waals surface area (Å²) in [6, 6.07) is 9.51. The number of carbonyl (C=O) groups excluding carboxylic acids is 1. The Bertz CT molecular complexity index is 636. The van der Waals surface area contributed by atoms with Crippen molar-refractivity contribution in [3.8, 4) is 0 Å². The third-order valence-electron chi connectivity index (χ3n) is 5.87. The molecule has 1 aliphatic heterocycles. The smallest absolute Gasteiger partial charge is 0.326 e. The number of aliphatic carboxylic acids is 1. The zero-order valence-electron chi connectivity index (χ0n) is 17.8. The molecule has 2 rings (SSSR count). The van der Waals surface area contributed by atoms with Gasteiger partial charge in [0.1, 0.15) is 6.04 Å². The number of amides is 1. The number of benzene rings is 1. The minimum absolute atomic E-state index is 0.0720. The number of nitrogens with two attached hydrogens (primary N) is 1. The van der Waals surface area contributed by atoms with Crippen LogP contribution in [0.3, 0.4) is 0 Å². The Morgan fingerprint density at radius 1 is 1.21 bits per heavy atom. The highest BCUT2D eigenvalue weighted by atomic mass is 16.4. The standard InChI is InChI=1S/C23H37N3O3/c1-17(2)19(14-13-18-9-4-3-5-10-18)25-20(11-6-7-15-24)22(27)26-16-8-12-21(26)23(28)29/h3-5,9-10,17,19-21,25H,6-8,11-16,24H2,1-2H3,(H,28,29)/t19-,20-,21-/m0/s1. The monoisotopic (exact) mass is 403 g/mol. The summed E-state index contributed by atoms with van der Waals surface area (Å²) in [5.74, 6) is -0.601. The van der Waals surface area contributed by atoms with Gasteiger partial charge in [-0.25, -0.2) is 4.79 Å². The Morgan fingerprint density at radius 3 is 2.55 bits per heavy atom. The van der Waals surface area contributed by atoms with Crippen LogP contribution < -0.4 is 11.1 Å². The van der Waals surface area contributed by atoms with Gasteiger partial charge in [-0.15, -0.1) is 0 Å². The van der Waals surface area contributed by atoms with E-state index in [-0.39, 0.29) is 18.0 Å². The topological polar surface area (TPSA) is 95.7 Å². The van der Waals surface area contributed by atoms with E-state index < -0.39 is 12.0 Å². The average molecular weight is 404 g/mol. The summed E-state index contributed by atoms with van der Waals surface area (Å²) in [5, 5.41) is 13.1. The highest BCUT2D eigenvalue weighted by molar-refractivity contribution is 5.87. The van der Waals surface area contributed by atoms with Gasteiger partial charge in [-0.1, -0.05) is 50.6 Å². The molecule has 1 amide bonds. The molecular formula is C23H37N3O3. The third-order valence-corrected chi connectivity index (χ3v) is 5.87. The second kappa shape index (κ2) is 11.9. The molecule has 6 nitrogen and oxygen atoms in total. The van der Waals surface area contributed by atoms with E-state index >= 15 is 0 Å². The van der Waals surface area contributed by atoms with Crippen molar-refractivity contribution >= 4 is 11.9 Å². The van der Waals surface area contributed by atoms with Gasteiger partial charge in [-0.3, -0.25) is 4.79 Å². The SMILES string of the molecule is CC(C)[C@H](CCc1ccccc1)N[C@@H](CCCCN)C(=O)N1CCC[C@H]1C(=O)O. The highest BCUT2D eigenvalue weighted by Gasteiger charge is 2.37. The number of hydrogen-bond donors (Lipinski definition) is 3. The predicted molar refractivity (Wildman–Crippen MR) is 116 cm³/mol. The summed E-state index contributed by atoms with van der Waals surface area (Å²) >= 11 is 0. The van der Waals surface area contributed by atoms with Crippen molar-refractivity contribution in [3.05, 3.63) is 35.9 Å². The maximum Gasteiger partial charge on any atom is 0.326 e. The molecule has 0 radical (unpaired) electrons. The zero-order valence-corrected chi connectivity index (χ0v) is 17.8. The van der Waals surface area contributed by atoms with Crippen LogP contribution in [0.4, 0.5) is 0 Å². The molecule has 162 valence electrons. The lowest BCUT2D eigenvalue weighted by Crippen LogP contribution is -2.53. The molecule has 0 saturated carbocycles. The first-order valence-corrected chi connectivity index (χ1v) is 11.0. The van der Waals surface area contributed by atoms with Gasteiger partial charge >= 0.3 is 5.97 Å². The van der Waals surface area contributed by atoms with Crippen LogP contribution in [0, 0.1) is 5.92 Å². The molecule has 0 unspecified atom stereocenters. The van der Waals surface area contributed by atoms with Gasteiger partial charge in [0.2, 0.25) is 5.91 Å². The molecule has 0 aliphatic carbocycles. The molecule has 29 heavy (non-hydrogen) atoms. The quantitative estimate of drug-likeness (QED) is 0.467. The number of hydrogen-bond acceptors (Lipinski definition) is 4. The Labute approximate surface area is 174 Å². The Morgan fingerprint density at radius 2 is 1.93 bits per heavy atom. The number of carbonyl (C=O) groups is 2. The van der Waals surface area contributed by atoms with Crippen molar-refractivity contribution < 1.29 is 14.7 Å². The Hall–Kier alpha value is -1.92. The molecule has 1 fully saturated rings. The van der Waals surface area contributed by atoms with Crippen molar-refractivity contribution in [2.45, 2.75) is 76.9 Å². The summed E-state index contributed by atoms with van der Waals surface area (Å²) in [4.78, 5) is 26.4. The molecule has 0 spiro atoms. The van der Waals surface area contributed by atoms with Crippen LogP contribution in [0.1, 0.15) is 57.9 Å². The van der Waals surface area contributed by atoms with Gasteiger partial charge in [0.25, 0.3) is 0 Å². The van der Waals surface area contributed by atoms with E-state index in [9.17, 15) is 14.7 Å². The summed E-state index contributed by atoms with van der Waals surface area (Å²) < 4.78 is 0. The maximum atomic E-state index is 13.3. The Balaban J connectivity index is 2.07. The molecule has 4 N–H and O–H groups in total. The number of nitrogens with zero attached hydrogens (tertiary/aromatic N) is 1. The second-order valence-electron chi connectivity index (χ2n) is 8.41. The zero-order chi connectivity index (χ0) is 21.2. The van der Waals surface area contributed by atoms with Crippen molar-refractivity contribution in [2.24, 2.45) is 11.7 Å². The van der Waals surface area contributed by atoms with Crippen molar-refractivity contribution in [1.29, 1.82) is 0 Å². The first-order valence-electron chi connectivity index (χ1n) is 11.0. The minimum Gasteiger partial charge on any atom is -0.480 e. The molecule has 0 bridgehead atoms. The summed E-state index contributed by atoms with van der Waals surface area (Å²) in [6.07, 6.45) is 5.58. The van der Waals surface area contributed by atoms with E-state index in [0.717, 1.165) is 32.1 Å². The Kier molecular flexibility index (Phi) is 9.61. The summed E-state index contributed by atoms with van der Waals surface area (Å²) in [5.41, 5.74) is 6.93. The normalized spacial score (nSPS) is 18.8. The maximum absolute atomic E-state index is 13.3. The highest BCUT2D eigenvalue weighted by Crippen LogP contribution is 2.21. The number of unbranched alkanes of at least 4 members (excludes halogenated alkanes) is 1. The van der Waals surface area contributed by atoms with Crippen molar-refractivity contribution in [3.63, 3.8) is 0 Å². The van der Waals surface area contributed by atoms with Crippen LogP contribution in [0.2, 0.25) is 0 Å². The molecule has 1 heterocycles. The van der Waals surface area contributed by atoms with Gasteiger partial charge in [-0.05, 0) is 56.6 Å². The molecule has 6 heteroatoms. The van der Waals surface area contributed by atoms with Crippen LogP contribution in [0.5, 0.6) is 0 Å². The first-order chi connectivity index (χ1) is 13.9. The first kappa shape index (κ1) is 23.4. The van der Waals surface area contributed by atoms with E-state index in [1.807, 2.05) is 18.2 Å². The van der Waals surface area contributed by atoms with Gasteiger partial charge in [-0.2, -0.15) is 0 Å². The number of aryl methyl sites for hydroxylation is 1. The molecule has 3 atom stereocenters. The predicted octanol–water partition coefficient (Wildman–Crippen LogP) is 2.81. The lowest BCUT2D eigenvalue weighted by atomic mass is 9.94. The lowest BCUT2D eigenvalue weighted by molar-refractivity contribution is -0.149. The third kappa shape index (κ3) is 7.12. The molecule has 1 aromatic carbocycles. The number of rotatable bonds is 12.